The Morgan fingerprint density at radius 3 is 2.38 bits per heavy atom. The molecule has 1 atom stereocenters. The molecule has 0 N–H and O–H groups in total. The van der Waals surface area contributed by atoms with Crippen LogP contribution in [0.15, 0.2) is 35.9 Å². The Hall–Kier alpha value is -2.02. The largest absolute Gasteiger partial charge is 0.465 e. The number of carbonyl (C=O) groups excluding carboxylic acids is 3. The molecule has 24 heavy (non-hydrogen) atoms. The predicted octanol–water partition coefficient (Wildman–Crippen LogP) is 2.42. The molecule has 0 bridgehead atoms. The fourth-order valence-corrected chi connectivity index (χ4v) is 3.08. The van der Waals surface area contributed by atoms with Crippen molar-refractivity contribution < 1.29 is 23.9 Å². The van der Waals surface area contributed by atoms with Crippen LogP contribution >= 0.6 is 11.8 Å². The molecule has 7 heteroatoms. The zero-order valence-corrected chi connectivity index (χ0v) is 15.3. The Morgan fingerprint density at radius 1 is 1.29 bits per heavy atom. The summed E-state index contributed by atoms with van der Waals surface area (Å²) in [5.74, 6) is -1.76. The lowest BCUT2D eigenvalue weighted by molar-refractivity contribution is -0.159. The van der Waals surface area contributed by atoms with Crippen LogP contribution in [-0.4, -0.2) is 46.7 Å². The predicted molar refractivity (Wildman–Crippen MR) is 93.0 cm³/mol. The number of hydrogen-bond acceptors (Lipinski definition) is 6. The minimum Gasteiger partial charge on any atom is -0.465 e. The topological polar surface area (TPSA) is 72.9 Å². The minimum atomic E-state index is -1.08. The van der Waals surface area contributed by atoms with Crippen LogP contribution in [0.1, 0.15) is 27.7 Å². The first-order chi connectivity index (χ1) is 11.1. The van der Waals surface area contributed by atoms with Crippen LogP contribution < -0.4 is 0 Å². The molecule has 0 saturated heterocycles. The molecule has 0 aromatic rings. The molecule has 0 spiro atoms. The summed E-state index contributed by atoms with van der Waals surface area (Å²) in [6.45, 7) is 14.1. The van der Waals surface area contributed by atoms with Crippen LogP contribution in [-0.2, 0) is 23.9 Å². The lowest BCUT2D eigenvalue weighted by Gasteiger charge is -2.33. The summed E-state index contributed by atoms with van der Waals surface area (Å²) < 4.78 is 10.2. The van der Waals surface area contributed by atoms with Gasteiger partial charge in [0.15, 0.2) is 5.25 Å². The van der Waals surface area contributed by atoms with E-state index in [-0.39, 0.29) is 13.2 Å². The number of ether oxygens (including phenoxy) is 2. The van der Waals surface area contributed by atoms with Gasteiger partial charge in [-0.25, -0.2) is 0 Å². The SMILES string of the molecule is C=CC1=C(C=C)N(CC(=O)OC(C)(C)C)C(=O)C(C(=O)OCC)S1. The van der Waals surface area contributed by atoms with Crippen molar-refractivity contribution in [3.05, 3.63) is 35.9 Å². The molecule has 1 amide bonds. The summed E-state index contributed by atoms with van der Waals surface area (Å²) in [6.07, 6.45) is 2.97. The molecule has 1 aliphatic rings. The maximum Gasteiger partial charge on any atom is 0.329 e. The molecule has 0 radical (unpaired) electrons. The minimum absolute atomic E-state index is 0.163. The van der Waals surface area contributed by atoms with Crippen molar-refractivity contribution in [2.45, 2.75) is 38.5 Å². The van der Waals surface area contributed by atoms with Gasteiger partial charge in [-0.3, -0.25) is 19.3 Å². The summed E-state index contributed by atoms with van der Waals surface area (Å²) in [6, 6.07) is 0. The number of esters is 2. The molecule has 1 rings (SSSR count). The van der Waals surface area contributed by atoms with Gasteiger partial charge in [0.25, 0.3) is 5.91 Å². The summed E-state index contributed by atoms with van der Waals surface area (Å²) >= 11 is 1.04. The molecular weight excluding hydrogens is 330 g/mol. The molecule has 1 unspecified atom stereocenters. The van der Waals surface area contributed by atoms with Gasteiger partial charge >= 0.3 is 11.9 Å². The standard InChI is InChI=1S/C17H23NO5S/c1-7-11-12(8-2)24-14(16(21)22-9-3)15(20)18(11)10-13(19)23-17(4,5)6/h7-8,14H,1-2,9-10H2,3-6H3. The number of hydrogen-bond donors (Lipinski definition) is 0. The summed E-state index contributed by atoms with van der Waals surface area (Å²) in [7, 11) is 0. The van der Waals surface area contributed by atoms with Gasteiger partial charge in [-0.05, 0) is 33.8 Å². The fraction of sp³-hybridized carbons (Fsp3) is 0.471. The van der Waals surface area contributed by atoms with E-state index in [0.717, 1.165) is 11.8 Å². The Bertz CT molecular complexity index is 588. The third kappa shape index (κ3) is 4.99. The van der Waals surface area contributed by atoms with Gasteiger partial charge in [-0.15, -0.1) is 0 Å². The van der Waals surface area contributed by atoms with Crippen LogP contribution in [0.5, 0.6) is 0 Å². The highest BCUT2D eigenvalue weighted by Crippen LogP contribution is 2.35. The van der Waals surface area contributed by atoms with Gasteiger partial charge < -0.3 is 9.47 Å². The molecule has 0 aromatic heterocycles. The Labute approximate surface area is 146 Å². The zero-order valence-electron chi connectivity index (χ0n) is 14.5. The summed E-state index contributed by atoms with van der Waals surface area (Å²) in [5.41, 5.74) is -0.253. The van der Waals surface area contributed by atoms with E-state index in [1.54, 1.807) is 27.7 Å². The van der Waals surface area contributed by atoms with Gasteiger partial charge in [-0.1, -0.05) is 31.0 Å². The van der Waals surface area contributed by atoms with Crippen molar-refractivity contribution >= 4 is 29.6 Å². The average Bonchev–Trinajstić information content (AvgIpc) is 2.47. The Balaban J connectivity index is 3.14. The van der Waals surface area contributed by atoms with Crippen molar-refractivity contribution in [3.63, 3.8) is 0 Å². The number of thioether (sulfide) groups is 1. The van der Waals surface area contributed by atoms with Crippen LogP contribution in [0, 0.1) is 0 Å². The van der Waals surface area contributed by atoms with E-state index < -0.39 is 28.7 Å². The molecule has 1 aliphatic heterocycles. The van der Waals surface area contributed by atoms with E-state index in [1.165, 1.54) is 17.1 Å². The highest BCUT2D eigenvalue weighted by molar-refractivity contribution is 8.05. The third-order valence-corrected chi connectivity index (χ3v) is 4.12. The second-order valence-corrected chi connectivity index (χ2v) is 7.07. The summed E-state index contributed by atoms with van der Waals surface area (Å²) in [4.78, 5) is 38.6. The van der Waals surface area contributed by atoms with Crippen molar-refractivity contribution in [3.8, 4) is 0 Å². The molecular formula is C17H23NO5S. The van der Waals surface area contributed by atoms with Gasteiger partial charge in [0.05, 0.1) is 12.3 Å². The lowest BCUT2D eigenvalue weighted by atomic mass is 10.2. The van der Waals surface area contributed by atoms with Crippen molar-refractivity contribution in [2.24, 2.45) is 0 Å². The second-order valence-electron chi connectivity index (χ2n) is 5.92. The van der Waals surface area contributed by atoms with Gasteiger partial charge in [-0.2, -0.15) is 0 Å². The molecule has 0 aromatic carbocycles. The quantitative estimate of drug-likeness (QED) is 0.539. The van der Waals surface area contributed by atoms with E-state index >= 15 is 0 Å². The Kier molecular flexibility index (Phi) is 6.83. The Morgan fingerprint density at radius 2 is 1.92 bits per heavy atom. The average molecular weight is 353 g/mol. The normalized spacial score (nSPS) is 18.2. The molecule has 6 nitrogen and oxygen atoms in total. The van der Waals surface area contributed by atoms with E-state index in [9.17, 15) is 14.4 Å². The van der Waals surface area contributed by atoms with Crippen molar-refractivity contribution in [1.29, 1.82) is 0 Å². The van der Waals surface area contributed by atoms with Gasteiger partial charge in [0.2, 0.25) is 0 Å². The molecule has 0 fully saturated rings. The number of nitrogens with zero attached hydrogens (tertiary/aromatic N) is 1. The maximum absolute atomic E-state index is 12.7. The van der Waals surface area contributed by atoms with Crippen LogP contribution in [0.4, 0.5) is 0 Å². The highest BCUT2D eigenvalue weighted by Gasteiger charge is 2.40. The summed E-state index contributed by atoms with van der Waals surface area (Å²) in [5, 5.41) is -1.08. The van der Waals surface area contributed by atoms with Crippen LogP contribution in [0.2, 0.25) is 0 Å². The van der Waals surface area contributed by atoms with Crippen molar-refractivity contribution in [1.82, 2.24) is 4.90 Å². The molecule has 132 valence electrons. The fourth-order valence-electron chi connectivity index (χ4n) is 2.03. The third-order valence-electron chi connectivity index (χ3n) is 2.87. The maximum atomic E-state index is 12.7. The lowest BCUT2D eigenvalue weighted by Crippen LogP contribution is -2.47. The van der Waals surface area contributed by atoms with Crippen LogP contribution in [0.25, 0.3) is 0 Å². The highest BCUT2D eigenvalue weighted by atomic mass is 32.2. The number of carbonyl (C=O) groups is 3. The monoisotopic (exact) mass is 353 g/mol. The zero-order chi connectivity index (χ0) is 18.5. The first kappa shape index (κ1) is 20.0. The van der Waals surface area contributed by atoms with Crippen molar-refractivity contribution in [2.75, 3.05) is 13.2 Å². The van der Waals surface area contributed by atoms with E-state index in [2.05, 4.69) is 13.2 Å². The van der Waals surface area contributed by atoms with E-state index in [4.69, 9.17) is 9.47 Å². The molecule has 1 heterocycles. The number of rotatable bonds is 6. The number of amides is 1. The van der Waals surface area contributed by atoms with Crippen LogP contribution in [0.3, 0.4) is 0 Å². The second kappa shape index (κ2) is 8.19. The smallest absolute Gasteiger partial charge is 0.329 e. The molecule has 0 aliphatic carbocycles. The number of allylic oxidation sites excluding steroid dienone is 2. The van der Waals surface area contributed by atoms with E-state index in [0.29, 0.717) is 10.6 Å². The first-order valence-electron chi connectivity index (χ1n) is 7.50. The van der Waals surface area contributed by atoms with Gasteiger partial charge in [0, 0.05) is 4.91 Å². The van der Waals surface area contributed by atoms with E-state index in [1.807, 2.05) is 0 Å². The first-order valence-corrected chi connectivity index (χ1v) is 8.38. The van der Waals surface area contributed by atoms with Gasteiger partial charge in [0.1, 0.15) is 12.1 Å². The molecule has 0 saturated carbocycles.